The van der Waals surface area contributed by atoms with Gasteiger partial charge in [0.2, 0.25) is 5.91 Å². The van der Waals surface area contributed by atoms with Crippen LogP contribution in [-0.2, 0) is 24.3 Å². The van der Waals surface area contributed by atoms with Crippen molar-refractivity contribution in [1.82, 2.24) is 14.5 Å². The van der Waals surface area contributed by atoms with E-state index >= 15 is 0 Å². The maximum atomic E-state index is 12.9. The van der Waals surface area contributed by atoms with Crippen LogP contribution in [0.3, 0.4) is 0 Å². The van der Waals surface area contributed by atoms with Crippen LogP contribution >= 0.6 is 0 Å². The summed E-state index contributed by atoms with van der Waals surface area (Å²) in [5.41, 5.74) is 3.23. The van der Waals surface area contributed by atoms with E-state index in [9.17, 15) is 9.59 Å². The number of methoxy groups -OCH3 is 3. The lowest BCUT2D eigenvalue weighted by Crippen LogP contribution is -2.39. The predicted octanol–water partition coefficient (Wildman–Crippen LogP) is 2.52. The van der Waals surface area contributed by atoms with Crippen LogP contribution in [0.4, 0.5) is 0 Å². The van der Waals surface area contributed by atoms with E-state index in [0.717, 1.165) is 22.4 Å². The van der Waals surface area contributed by atoms with Crippen LogP contribution in [0.2, 0.25) is 0 Å². The van der Waals surface area contributed by atoms with Gasteiger partial charge in [-0.2, -0.15) is 0 Å². The average molecular weight is 435 g/mol. The highest BCUT2D eigenvalue weighted by atomic mass is 16.5. The highest BCUT2D eigenvalue weighted by Gasteiger charge is 2.23. The van der Waals surface area contributed by atoms with Crippen molar-refractivity contribution in [3.8, 4) is 28.5 Å². The minimum atomic E-state index is -0.275. The molecule has 0 unspecified atom stereocenters. The zero-order chi connectivity index (χ0) is 22.7. The van der Waals surface area contributed by atoms with Crippen molar-refractivity contribution in [3.63, 3.8) is 0 Å². The van der Waals surface area contributed by atoms with Gasteiger partial charge in [0, 0.05) is 24.7 Å². The van der Waals surface area contributed by atoms with Gasteiger partial charge in [-0.1, -0.05) is 0 Å². The van der Waals surface area contributed by atoms with Gasteiger partial charge in [-0.3, -0.25) is 14.2 Å². The minimum Gasteiger partial charge on any atom is -0.497 e. The summed E-state index contributed by atoms with van der Waals surface area (Å²) in [6.07, 6.45) is 2.14. The van der Waals surface area contributed by atoms with Crippen LogP contribution in [-0.4, -0.2) is 48.2 Å². The quantitative estimate of drug-likeness (QED) is 0.592. The molecule has 4 rings (SSSR count). The number of fused-ring (bicyclic) bond motifs is 1. The van der Waals surface area contributed by atoms with Crippen LogP contribution in [0.5, 0.6) is 17.2 Å². The third-order valence-corrected chi connectivity index (χ3v) is 5.64. The summed E-state index contributed by atoms with van der Waals surface area (Å²) >= 11 is 0. The molecule has 0 saturated carbocycles. The Kier molecular flexibility index (Phi) is 6.11. The Morgan fingerprint density at radius 2 is 1.66 bits per heavy atom. The first-order chi connectivity index (χ1) is 15.5. The molecule has 1 aliphatic heterocycles. The lowest BCUT2D eigenvalue weighted by molar-refractivity contribution is -0.132. The van der Waals surface area contributed by atoms with Crippen molar-refractivity contribution in [1.29, 1.82) is 0 Å². The molecule has 0 spiro atoms. The lowest BCUT2D eigenvalue weighted by Gasteiger charge is -2.29. The molecule has 166 valence electrons. The highest BCUT2D eigenvalue weighted by molar-refractivity contribution is 5.76. The smallest absolute Gasteiger partial charge is 0.254 e. The number of nitrogens with zero attached hydrogens (tertiary/aromatic N) is 3. The first-order valence-electron chi connectivity index (χ1n) is 10.2. The van der Waals surface area contributed by atoms with Gasteiger partial charge in [-0.05, 0) is 53.9 Å². The minimum absolute atomic E-state index is 0.0582. The maximum absolute atomic E-state index is 12.9. The Bertz CT molecular complexity index is 1190. The topological polar surface area (TPSA) is 82.9 Å². The van der Waals surface area contributed by atoms with Crippen LogP contribution in [0.15, 0.2) is 53.6 Å². The number of hydrogen-bond donors (Lipinski definition) is 0. The number of carbonyl (C=O) groups excluding carboxylic acids is 1. The van der Waals surface area contributed by atoms with E-state index in [1.165, 1.54) is 17.0 Å². The predicted molar refractivity (Wildman–Crippen MR) is 119 cm³/mol. The van der Waals surface area contributed by atoms with Crippen molar-refractivity contribution in [2.24, 2.45) is 0 Å². The highest BCUT2D eigenvalue weighted by Crippen LogP contribution is 2.33. The first kappa shape index (κ1) is 21.4. The molecule has 0 fully saturated rings. The van der Waals surface area contributed by atoms with Gasteiger partial charge in [0.1, 0.15) is 12.3 Å². The molecule has 32 heavy (non-hydrogen) atoms. The molecular formula is C24H25N3O5. The molecule has 3 aromatic rings. The molecule has 0 saturated heterocycles. The fourth-order valence-electron chi connectivity index (χ4n) is 3.81. The van der Waals surface area contributed by atoms with Crippen molar-refractivity contribution >= 4 is 5.91 Å². The van der Waals surface area contributed by atoms with Crippen molar-refractivity contribution in [3.05, 3.63) is 70.3 Å². The number of amides is 1. The van der Waals surface area contributed by atoms with E-state index < -0.39 is 0 Å². The average Bonchev–Trinajstić information content (AvgIpc) is 2.83. The van der Waals surface area contributed by atoms with E-state index in [1.807, 2.05) is 36.4 Å². The Hall–Kier alpha value is -3.81. The summed E-state index contributed by atoms with van der Waals surface area (Å²) in [7, 11) is 4.79. The Morgan fingerprint density at radius 3 is 2.28 bits per heavy atom. The molecule has 1 aliphatic rings. The van der Waals surface area contributed by atoms with Gasteiger partial charge in [-0.25, -0.2) is 4.98 Å². The summed E-state index contributed by atoms with van der Waals surface area (Å²) < 4.78 is 17.2. The third kappa shape index (κ3) is 4.30. The fraction of sp³-hybridized carbons (Fsp3) is 0.292. The van der Waals surface area contributed by atoms with Gasteiger partial charge in [0.05, 0.1) is 33.4 Å². The molecule has 8 nitrogen and oxygen atoms in total. The summed E-state index contributed by atoms with van der Waals surface area (Å²) in [5.74, 6) is 1.91. The van der Waals surface area contributed by atoms with E-state index in [1.54, 1.807) is 26.2 Å². The molecule has 8 heteroatoms. The molecule has 0 aliphatic carbocycles. The van der Waals surface area contributed by atoms with E-state index in [2.05, 4.69) is 4.98 Å². The standard InChI is InChI=1S/C24H25N3O5/c1-30-19-6-4-16(5-7-19)20-12-23(28)27(15-25-20)14-24(29)26-9-8-17-10-21(31-2)22(32-3)11-18(17)13-26/h4-7,10-12,15H,8-9,13-14H2,1-3H3. The SMILES string of the molecule is COc1ccc(-c2cc(=O)n(CC(=O)N3CCc4cc(OC)c(OC)cc4C3)cn2)cc1. The van der Waals surface area contributed by atoms with Gasteiger partial charge >= 0.3 is 0 Å². The van der Waals surface area contributed by atoms with Crippen LogP contribution in [0, 0.1) is 0 Å². The summed E-state index contributed by atoms with van der Waals surface area (Å²) in [6.45, 7) is 0.978. The fourth-order valence-corrected chi connectivity index (χ4v) is 3.81. The maximum Gasteiger partial charge on any atom is 0.254 e. The Morgan fingerprint density at radius 1 is 0.969 bits per heavy atom. The van der Waals surface area contributed by atoms with Crippen LogP contribution in [0.25, 0.3) is 11.3 Å². The van der Waals surface area contributed by atoms with Gasteiger partial charge in [0.15, 0.2) is 11.5 Å². The van der Waals surface area contributed by atoms with Crippen molar-refractivity contribution < 1.29 is 19.0 Å². The largest absolute Gasteiger partial charge is 0.497 e. The number of benzene rings is 2. The summed E-state index contributed by atoms with van der Waals surface area (Å²) in [5, 5.41) is 0. The second kappa shape index (κ2) is 9.13. The van der Waals surface area contributed by atoms with E-state index in [0.29, 0.717) is 36.7 Å². The molecule has 0 N–H and O–H groups in total. The monoisotopic (exact) mass is 435 g/mol. The number of ether oxygens (including phenoxy) is 3. The second-order valence-corrected chi connectivity index (χ2v) is 7.51. The molecule has 0 radical (unpaired) electrons. The first-order valence-corrected chi connectivity index (χ1v) is 10.2. The number of aromatic nitrogens is 2. The summed E-state index contributed by atoms with van der Waals surface area (Å²) in [4.78, 5) is 31.6. The Balaban J connectivity index is 1.48. The zero-order valence-electron chi connectivity index (χ0n) is 18.3. The number of hydrogen-bond acceptors (Lipinski definition) is 6. The molecule has 1 amide bonds. The molecule has 1 aromatic heterocycles. The molecule has 2 heterocycles. The normalized spacial score (nSPS) is 12.8. The summed E-state index contributed by atoms with van der Waals surface area (Å²) in [6, 6.07) is 12.6. The second-order valence-electron chi connectivity index (χ2n) is 7.51. The van der Waals surface area contributed by atoms with Crippen molar-refractivity contribution in [2.75, 3.05) is 27.9 Å². The van der Waals surface area contributed by atoms with Crippen molar-refractivity contribution in [2.45, 2.75) is 19.5 Å². The van der Waals surface area contributed by atoms with Crippen LogP contribution < -0.4 is 19.8 Å². The zero-order valence-corrected chi connectivity index (χ0v) is 18.3. The Labute approximate surface area is 186 Å². The van der Waals surface area contributed by atoms with E-state index in [4.69, 9.17) is 14.2 Å². The van der Waals surface area contributed by atoms with Gasteiger partial charge < -0.3 is 19.1 Å². The van der Waals surface area contributed by atoms with Gasteiger partial charge in [-0.15, -0.1) is 0 Å². The van der Waals surface area contributed by atoms with Gasteiger partial charge in [0.25, 0.3) is 5.56 Å². The molecule has 0 atom stereocenters. The molecular weight excluding hydrogens is 410 g/mol. The van der Waals surface area contributed by atoms with E-state index in [-0.39, 0.29) is 18.0 Å². The lowest BCUT2D eigenvalue weighted by atomic mass is 9.98. The molecule has 2 aromatic carbocycles. The molecule has 0 bridgehead atoms. The number of rotatable bonds is 6. The number of carbonyl (C=O) groups is 1. The third-order valence-electron chi connectivity index (χ3n) is 5.64. The van der Waals surface area contributed by atoms with Crippen LogP contribution in [0.1, 0.15) is 11.1 Å².